The van der Waals surface area contributed by atoms with Gasteiger partial charge in [-0.1, -0.05) is 0 Å². The number of hydrogen-bond donors (Lipinski definition) is 1. The summed E-state index contributed by atoms with van der Waals surface area (Å²) >= 11 is 0. The fraction of sp³-hybridized carbons (Fsp3) is 0.143. The van der Waals surface area contributed by atoms with Crippen molar-refractivity contribution in [3.63, 3.8) is 0 Å². The van der Waals surface area contributed by atoms with E-state index in [1.165, 1.54) is 0 Å². The van der Waals surface area contributed by atoms with Gasteiger partial charge in [0.2, 0.25) is 0 Å². The Morgan fingerprint density at radius 3 is 3.20 bits per heavy atom. The summed E-state index contributed by atoms with van der Waals surface area (Å²) in [5.41, 5.74) is 1.04. The van der Waals surface area contributed by atoms with Crippen molar-refractivity contribution in [3.8, 4) is 0 Å². The van der Waals surface area contributed by atoms with Crippen LogP contribution in [0.4, 0.5) is 0 Å². The number of aliphatic imine (C=N–C) groups is 2. The molecule has 50 valence electrons. The van der Waals surface area contributed by atoms with Crippen LogP contribution in [0, 0.1) is 0 Å². The van der Waals surface area contributed by atoms with E-state index in [-0.39, 0.29) is 0 Å². The van der Waals surface area contributed by atoms with E-state index < -0.39 is 0 Å². The molecule has 2 rings (SSSR count). The number of nitrogens with one attached hydrogen (secondary N) is 1. The SMILES string of the molecule is CC1=C[NH+]2C=CC=NC2=N1. The van der Waals surface area contributed by atoms with Gasteiger partial charge in [-0.15, -0.1) is 0 Å². The van der Waals surface area contributed by atoms with Crippen molar-refractivity contribution < 1.29 is 4.90 Å². The minimum atomic E-state index is 0.847. The van der Waals surface area contributed by atoms with Crippen molar-refractivity contribution in [2.75, 3.05) is 0 Å². The average molecular weight is 134 g/mol. The van der Waals surface area contributed by atoms with E-state index in [1.807, 2.05) is 25.4 Å². The van der Waals surface area contributed by atoms with Gasteiger partial charge in [-0.25, -0.2) is 4.90 Å². The number of fused-ring (bicyclic) bond motifs is 1. The first-order valence-electron chi connectivity index (χ1n) is 3.21. The van der Waals surface area contributed by atoms with Crippen LogP contribution in [0.25, 0.3) is 0 Å². The van der Waals surface area contributed by atoms with Crippen LogP contribution < -0.4 is 4.90 Å². The number of nitrogens with zero attached hydrogens (tertiary/aromatic N) is 2. The zero-order valence-electron chi connectivity index (χ0n) is 5.70. The Morgan fingerprint density at radius 1 is 1.50 bits per heavy atom. The molecule has 0 aliphatic carbocycles. The summed E-state index contributed by atoms with van der Waals surface area (Å²) in [5, 5.41) is 0. The molecule has 1 atom stereocenters. The molecular weight excluding hydrogens is 126 g/mol. The Kier molecular flexibility index (Phi) is 1.05. The molecule has 1 N–H and O–H groups in total. The summed E-state index contributed by atoms with van der Waals surface area (Å²) < 4.78 is 0. The molecule has 0 aromatic heterocycles. The van der Waals surface area contributed by atoms with E-state index in [0.717, 1.165) is 16.6 Å². The molecule has 0 bridgehead atoms. The van der Waals surface area contributed by atoms with Crippen LogP contribution in [-0.4, -0.2) is 12.2 Å². The summed E-state index contributed by atoms with van der Waals surface area (Å²) in [6, 6.07) is 0. The summed E-state index contributed by atoms with van der Waals surface area (Å²) in [6.07, 6.45) is 7.73. The van der Waals surface area contributed by atoms with Gasteiger partial charge in [0, 0.05) is 12.3 Å². The van der Waals surface area contributed by atoms with Crippen LogP contribution in [-0.2, 0) is 0 Å². The van der Waals surface area contributed by atoms with Crippen LogP contribution in [0.3, 0.4) is 0 Å². The van der Waals surface area contributed by atoms with Gasteiger partial charge in [-0.2, -0.15) is 9.98 Å². The molecule has 2 aliphatic rings. The second-order valence-electron chi connectivity index (χ2n) is 2.31. The third kappa shape index (κ3) is 0.717. The van der Waals surface area contributed by atoms with E-state index in [9.17, 15) is 0 Å². The van der Waals surface area contributed by atoms with Gasteiger partial charge in [0.05, 0.1) is 5.70 Å². The molecule has 0 saturated heterocycles. The summed E-state index contributed by atoms with van der Waals surface area (Å²) in [7, 11) is 0. The summed E-state index contributed by atoms with van der Waals surface area (Å²) in [5.74, 6) is 0.847. The summed E-state index contributed by atoms with van der Waals surface area (Å²) in [6.45, 7) is 1.97. The molecule has 0 aromatic carbocycles. The average Bonchev–Trinajstić information content (AvgIpc) is 2.27. The Hall–Kier alpha value is -1.22. The highest BCUT2D eigenvalue weighted by molar-refractivity contribution is 5.89. The third-order valence-corrected chi connectivity index (χ3v) is 1.46. The lowest BCUT2D eigenvalue weighted by atomic mass is 10.5. The predicted molar refractivity (Wildman–Crippen MR) is 39.8 cm³/mol. The maximum Gasteiger partial charge on any atom is 0.337 e. The van der Waals surface area contributed by atoms with Crippen LogP contribution in [0.2, 0.25) is 0 Å². The maximum atomic E-state index is 4.20. The summed E-state index contributed by atoms with van der Waals surface area (Å²) in [4.78, 5) is 9.42. The van der Waals surface area contributed by atoms with Gasteiger partial charge in [0.25, 0.3) is 0 Å². The van der Waals surface area contributed by atoms with Crippen molar-refractivity contribution in [1.82, 2.24) is 0 Å². The first kappa shape index (κ1) is 5.56. The van der Waals surface area contributed by atoms with E-state index in [0.29, 0.717) is 0 Å². The van der Waals surface area contributed by atoms with Crippen molar-refractivity contribution in [1.29, 1.82) is 0 Å². The number of quaternary nitrogens is 1. The number of allylic oxidation sites excluding steroid dienone is 2. The molecule has 2 heterocycles. The Morgan fingerprint density at radius 2 is 2.40 bits per heavy atom. The maximum absolute atomic E-state index is 4.20. The van der Waals surface area contributed by atoms with E-state index >= 15 is 0 Å². The third-order valence-electron chi connectivity index (χ3n) is 1.46. The molecule has 1 unspecified atom stereocenters. The van der Waals surface area contributed by atoms with Crippen LogP contribution >= 0.6 is 0 Å². The molecule has 2 aliphatic heterocycles. The number of rotatable bonds is 0. The minimum absolute atomic E-state index is 0.847. The van der Waals surface area contributed by atoms with Crippen molar-refractivity contribution >= 4 is 12.2 Å². The largest absolute Gasteiger partial charge is 0.337 e. The molecule has 0 radical (unpaired) electrons. The quantitative estimate of drug-likeness (QED) is 0.471. The second-order valence-corrected chi connectivity index (χ2v) is 2.31. The van der Waals surface area contributed by atoms with Crippen LogP contribution in [0.15, 0.2) is 34.2 Å². The first-order chi connectivity index (χ1) is 4.86. The molecule has 3 heteroatoms. The van der Waals surface area contributed by atoms with Crippen LogP contribution in [0.5, 0.6) is 0 Å². The van der Waals surface area contributed by atoms with Gasteiger partial charge in [0.15, 0.2) is 0 Å². The molecule has 0 spiro atoms. The minimum Gasteiger partial charge on any atom is -0.215 e. The van der Waals surface area contributed by atoms with Crippen molar-refractivity contribution in [3.05, 3.63) is 24.2 Å². The molecule has 3 nitrogen and oxygen atoms in total. The highest BCUT2D eigenvalue weighted by Gasteiger charge is 2.19. The standard InChI is InChI=1S/C7H7N3/c1-6-5-10-4-2-3-8-7(10)9-6/h2-5H,1H3/p+1. The molecular formula is C7H8N3+. The fourth-order valence-electron chi connectivity index (χ4n) is 1.04. The normalized spacial score (nSPS) is 27.9. The van der Waals surface area contributed by atoms with E-state index in [2.05, 4.69) is 9.98 Å². The van der Waals surface area contributed by atoms with Gasteiger partial charge < -0.3 is 0 Å². The van der Waals surface area contributed by atoms with Gasteiger partial charge >= 0.3 is 5.96 Å². The zero-order chi connectivity index (χ0) is 6.97. The smallest absolute Gasteiger partial charge is 0.215 e. The Bertz CT molecular complexity index is 271. The predicted octanol–water partition coefficient (Wildman–Crippen LogP) is -0.300. The van der Waals surface area contributed by atoms with Gasteiger partial charge in [-0.05, 0) is 6.92 Å². The number of guanidine groups is 1. The Labute approximate surface area is 59.1 Å². The lowest BCUT2D eigenvalue weighted by Gasteiger charge is -2.02. The van der Waals surface area contributed by atoms with E-state index in [4.69, 9.17) is 0 Å². The first-order valence-corrected chi connectivity index (χ1v) is 3.21. The number of hydrogen-bond acceptors (Lipinski definition) is 2. The molecule has 0 fully saturated rings. The van der Waals surface area contributed by atoms with Crippen molar-refractivity contribution in [2.24, 2.45) is 9.98 Å². The van der Waals surface area contributed by atoms with Crippen molar-refractivity contribution in [2.45, 2.75) is 6.92 Å². The molecule has 10 heavy (non-hydrogen) atoms. The van der Waals surface area contributed by atoms with Gasteiger partial charge in [-0.3, -0.25) is 0 Å². The molecule has 0 amide bonds. The zero-order valence-corrected chi connectivity index (χ0v) is 5.70. The highest BCUT2D eigenvalue weighted by atomic mass is 15.3. The van der Waals surface area contributed by atoms with E-state index in [1.54, 1.807) is 6.21 Å². The fourth-order valence-corrected chi connectivity index (χ4v) is 1.04. The lowest BCUT2D eigenvalue weighted by molar-refractivity contribution is -0.681. The van der Waals surface area contributed by atoms with Gasteiger partial charge in [0.1, 0.15) is 12.4 Å². The molecule has 0 saturated carbocycles. The molecule has 0 aromatic rings. The second kappa shape index (κ2) is 1.88. The monoisotopic (exact) mass is 134 g/mol. The Balaban J connectivity index is 2.40. The topological polar surface area (TPSA) is 29.2 Å². The van der Waals surface area contributed by atoms with Crippen LogP contribution in [0.1, 0.15) is 6.92 Å². The highest BCUT2D eigenvalue weighted by Crippen LogP contribution is 1.97. The lowest BCUT2D eigenvalue weighted by Crippen LogP contribution is -3.04.